The van der Waals surface area contributed by atoms with Crippen LogP contribution >= 0.6 is 0 Å². The highest BCUT2D eigenvalue weighted by Gasteiger charge is 2.60. The van der Waals surface area contributed by atoms with E-state index in [1.54, 1.807) is 31.3 Å². The average Bonchev–Trinajstić information content (AvgIpc) is 3.32. The van der Waals surface area contributed by atoms with E-state index in [9.17, 15) is 13.2 Å². The van der Waals surface area contributed by atoms with E-state index in [0.29, 0.717) is 17.8 Å². The summed E-state index contributed by atoms with van der Waals surface area (Å²) in [5, 5.41) is 2.96. The number of aromatic nitrogens is 2. The Hall–Kier alpha value is -3.91. The molecule has 4 aromatic rings. The first-order chi connectivity index (χ1) is 16.4. The summed E-state index contributed by atoms with van der Waals surface area (Å²) in [4.78, 5) is 17.7. The highest BCUT2D eigenvalue weighted by atomic mass is 32.2. The molecule has 2 amide bonds. The quantitative estimate of drug-likeness (QED) is 0.439. The molecule has 1 aromatic heterocycles. The number of hydrogen-bond donors (Lipinski definition) is 2. The summed E-state index contributed by atoms with van der Waals surface area (Å²) >= 11 is 0. The molecule has 1 aliphatic rings. The number of urea groups is 1. The van der Waals surface area contributed by atoms with E-state index < -0.39 is 21.6 Å². The number of hydrogen-bond acceptors (Lipinski definition) is 4. The zero-order chi connectivity index (χ0) is 23.8. The van der Waals surface area contributed by atoms with Crippen LogP contribution in [0.5, 0.6) is 0 Å². The topological polar surface area (TPSA) is 93.1 Å². The maximum atomic E-state index is 13.1. The van der Waals surface area contributed by atoms with Crippen molar-refractivity contribution < 1.29 is 13.2 Å². The molecule has 0 aliphatic heterocycles. The molecule has 0 bridgehead atoms. The first-order valence-electron chi connectivity index (χ1n) is 11.0. The van der Waals surface area contributed by atoms with Crippen molar-refractivity contribution in [3.8, 4) is 5.69 Å². The highest BCUT2D eigenvalue weighted by Crippen LogP contribution is 2.58. The van der Waals surface area contributed by atoms with Gasteiger partial charge in [-0.1, -0.05) is 66.7 Å². The predicted molar refractivity (Wildman–Crippen MR) is 129 cm³/mol. The van der Waals surface area contributed by atoms with Crippen molar-refractivity contribution in [1.82, 2.24) is 19.6 Å². The van der Waals surface area contributed by atoms with Gasteiger partial charge in [0.15, 0.2) is 0 Å². The van der Waals surface area contributed by atoms with Gasteiger partial charge in [0.25, 0.3) is 10.0 Å². The highest BCUT2D eigenvalue weighted by molar-refractivity contribution is 7.90. The lowest BCUT2D eigenvalue weighted by atomic mass is 10.1. The molecule has 5 rings (SSSR count). The van der Waals surface area contributed by atoms with Crippen molar-refractivity contribution in [2.75, 3.05) is 0 Å². The van der Waals surface area contributed by atoms with Gasteiger partial charge in [-0.05, 0) is 42.7 Å². The Labute approximate surface area is 198 Å². The lowest BCUT2D eigenvalue weighted by Crippen LogP contribution is -2.46. The number of sulfonamides is 1. The second kappa shape index (κ2) is 8.46. The molecule has 7 nitrogen and oxygen atoms in total. The van der Waals surface area contributed by atoms with Gasteiger partial charge in [0.2, 0.25) is 0 Å². The van der Waals surface area contributed by atoms with E-state index in [1.165, 1.54) is 6.07 Å². The Balaban J connectivity index is 1.49. The molecule has 1 aliphatic carbocycles. The smallest absolute Gasteiger partial charge is 0.324 e. The van der Waals surface area contributed by atoms with Crippen LogP contribution in [0.15, 0.2) is 102 Å². The summed E-state index contributed by atoms with van der Waals surface area (Å²) in [7, 11) is -4.04. The van der Waals surface area contributed by atoms with Gasteiger partial charge in [0.1, 0.15) is 11.4 Å². The van der Waals surface area contributed by atoms with Crippen molar-refractivity contribution in [3.63, 3.8) is 0 Å². The summed E-state index contributed by atoms with van der Waals surface area (Å²) < 4.78 is 29.9. The third-order valence-corrected chi connectivity index (χ3v) is 7.67. The second-order valence-corrected chi connectivity index (χ2v) is 10.1. The molecular formula is C26H24N4O3S. The fourth-order valence-electron chi connectivity index (χ4n) is 4.49. The Kier molecular flexibility index (Phi) is 5.45. The largest absolute Gasteiger partial charge is 0.329 e. The fourth-order valence-corrected chi connectivity index (χ4v) is 5.64. The minimum absolute atomic E-state index is 0.0505. The molecule has 2 N–H and O–H groups in total. The van der Waals surface area contributed by atoms with E-state index >= 15 is 0 Å². The van der Waals surface area contributed by atoms with Gasteiger partial charge in [0.05, 0.1) is 4.90 Å². The van der Waals surface area contributed by atoms with Crippen molar-refractivity contribution in [2.24, 2.45) is 0 Å². The molecule has 8 heteroatoms. The number of aryl methyl sites for hydroxylation is 1. The van der Waals surface area contributed by atoms with E-state index in [1.807, 2.05) is 71.4 Å². The Morgan fingerprint density at radius 1 is 0.971 bits per heavy atom. The first-order valence-corrected chi connectivity index (χ1v) is 12.4. The predicted octanol–water partition coefficient (Wildman–Crippen LogP) is 4.25. The van der Waals surface area contributed by atoms with Crippen molar-refractivity contribution >= 4 is 16.1 Å². The van der Waals surface area contributed by atoms with Gasteiger partial charge in [-0.2, -0.15) is 0 Å². The first kappa shape index (κ1) is 21.9. The number of carbonyl (C=O) groups is 1. The number of carbonyl (C=O) groups excluding carboxylic acids is 1. The number of rotatable bonds is 6. The SMILES string of the molecule is Cc1ccccc1S(=O)(=O)NC(=O)N[C@]1(c2nccn2-c2ccccc2)CC1c1ccccc1. The van der Waals surface area contributed by atoms with Crippen LogP contribution in [0.3, 0.4) is 0 Å². The normalized spacial score (nSPS) is 19.4. The molecule has 0 saturated heterocycles. The standard InChI is InChI=1S/C26H24N4O3S/c1-19-10-8-9-15-23(19)34(32,33)29-25(31)28-26(18-22(26)20-11-4-2-5-12-20)24-27-16-17-30(24)21-13-6-3-7-14-21/h2-17,22H,18H2,1H3,(H2,28,29,31)/t22?,26-/m1/s1. The van der Waals surface area contributed by atoms with Gasteiger partial charge in [0, 0.05) is 24.0 Å². The fraction of sp³-hybridized carbons (Fsp3) is 0.154. The summed E-state index contributed by atoms with van der Waals surface area (Å²) in [6, 6.07) is 25.3. The number of imidazole rings is 1. The summed E-state index contributed by atoms with van der Waals surface area (Å²) in [5.74, 6) is 0.599. The van der Waals surface area contributed by atoms with Gasteiger partial charge >= 0.3 is 6.03 Å². The number of amides is 2. The third-order valence-electron chi connectivity index (χ3n) is 6.18. The van der Waals surface area contributed by atoms with Crippen LogP contribution in [0.25, 0.3) is 5.69 Å². The summed E-state index contributed by atoms with van der Waals surface area (Å²) in [6.45, 7) is 1.69. The Morgan fingerprint density at radius 3 is 2.32 bits per heavy atom. The van der Waals surface area contributed by atoms with E-state index in [0.717, 1.165) is 11.3 Å². The van der Waals surface area contributed by atoms with Crippen molar-refractivity contribution in [2.45, 2.75) is 29.7 Å². The molecule has 1 unspecified atom stereocenters. The molecule has 0 radical (unpaired) electrons. The maximum absolute atomic E-state index is 13.1. The molecule has 2 atom stereocenters. The van der Waals surface area contributed by atoms with Gasteiger partial charge in [-0.25, -0.2) is 22.9 Å². The molecule has 172 valence electrons. The maximum Gasteiger partial charge on any atom is 0.329 e. The monoisotopic (exact) mass is 472 g/mol. The van der Waals surface area contributed by atoms with Crippen molar-refractivity contribution in [1.29, 1.82) is 0 Å². The molecule has 0 spiro atoms. The Morgan fingerprint density at radius 2 is 1.62 bits per heavy atom. The zero-order valence-corrected chi connectivity index (χ0v) is 19.4. The van der Waals surface area contributed by atoms with Crippen LogP contribution in [0.1, 0.15) is 29.3 Å². The molecule has 34 heavy (non-hydrogen) atoms. The summed E-state index contributed by atoms with van der Waals surface area (Å²) in [5.41, 5.74) is 1.66. The van der Waals surface area contributed by atoms with Crippen LogP contribution in [0, 0.1) is 6.92 Å². The van der Waals surface area contributed by atoms with E-state index in [-0.39, 0.29) is 10.8 Å². The van der Waals surface area contributed by atoms with Crippen molar-refractivity contribution in [3.05, 3.63) is 114 Å². The molecule has 3 aromatic carbocycles. The number of nitrogens with zero attached hydrogens (tertiary/aromatic N) is 2. The van der Waals surface area contributed by atoms with Gasteiger partial charge in [-0.3, -0.25) is 0 Å². The minimum Gasteiger partial charge on any atom is -0.324 e. The lowest BCUT2D eigenvalue weighted by Gasteiger charge is -2.21. The van der Waals surface area contributed by atoms with E-state index in [4.69, 9.17) is 0 Å². The van der Waals surface area contributed by atoms with Gasteiger partial charge in [-0.15, -0.1) is 0 Å². The average molecular weight is 473 g/mol. The molecule has 1 fully saturated rings. The van der Waals surface area contributed by atoms with E-state index in [2.05, 4.69) is 15.0 Å². The number of nitrogens with one attached hydrogen (secondary N) is 2. The van der Waals surface area contributed by atoms with Crippen LogP contribution < -0.4 is 10.0 Å². The number of para-hydroxylation sites is 1. The third kappa shape index (κ3) is 3.97. The van der Waals surface area contributed by atoms with Gasteiger partial charge < -0.3 is 9.88 Å². The summed E-state index contributed by atoms with van der Waals surface area (Å²) in [6.07, 6.45) is 4.13. The van der Waals surface area contributed by atoms with Crippen LogP contribution in [0.2, 0.25) is 0 Å². The minimum atomic E-state index is -4.04. The second-order valence-electron chi connectivity index (χ2n) is 8.42. The zero-order valence-electron chi connectivity index (χ0n) is 18.5. The lowest BCUT2D eigenvalue weighted by molar-refractivity contribution is 0.239. The van der Waals surface area contributed by atoms with Crippen LogP contribution in [-0.2, 0) is 15.6 Å². The number of benzene rings is 3. The Bertz CT molecular complexity index is 1440. The molecule has 1 saturated carbocycles. The molecular weight excluding hydrogens is 448 g/mol. The molecule has 1 heterocycles. The van der Waals surface area contributed by atoms with Crippen LogP contribution in [-0.4, -0.2) is 24.0 Å². The van der Waals surface area contributed by atoms with Crippen LogP contribution in [0.4, 0.5) is 4.79 Å².